The minimum atomic E-state index is -0.243. The summed E-state index contributed by atoms with van der Waals surface area (Å²) in [6.45, 7) is 3.98. The Morgan fingerprint density at radius 3 is 2.58 bits per heavy atom. The van der Waals surface area contributed by atoms with E-state index in [0.717, 1.165) is 5.56 Å². The fourth-order valence-corrected chi connectivity index (χ4v) is 2.08. The molecule has 1 aromatic carbocycles. The number of carbonyl (C=O) groups is 1. The van der Waals surface area contributed by atoms with Crippen LogP contribution in [0.1, 0.15) is 11.1 Å². The molecule has 0 saturated heterocycles. The Morgan fingerprint density at radius 2 is 1.92 bits per heavy atom. The molecule has 2 heterocycles. The van der Waals surface area contributed by atoms with Crippen molar-refractivity contribution in [3.05, 3.63) is 60.3 Å². The van der Waals surface area contributed by atoms with Gasteiger partial charge in [-0.2, -0.15) is 0 Å². The van der Waals surface area contributed by atoms with Crippen molar-refractivity contribution < 1.29 is 9.53 Å². The van der Waals surface area contributed by atoms with Crippen molar-refractivity contribution in [3.8, 4) is 11.6 Å². The minimum Gasteiger partial charge on any atom is -0.484 e. The summed E-state index contributed by atoms with van der Waals surface area (Å²) in [5.41, 5.74) is 2.91. The van der Waals surface area contributed by atoms with Crippen LogP contribution in [-0.4, -0.2) is 32.3 Å². The quantitative estimate of drug-likeness (QED) is 0.779. The monoisotopic (exact) mass is 323 g/mol. The standard InChI is InChI=1S/C17H17N5O2/c1-12-3-5-15(7-13(12)2)24-9-17(23)21-14-4-6-16(18-8-14)22-10-19-20-11-22/h3-8,10-11H,9H2,1-2H3,(H,21,23). The zero-order chi connectivity index (χ0) is 16.9. The average molecular weight is 323 g/mol. The lowest BCUT2D eigenvalue weighted by Crippen LogP contribution is -2.20. The van der Waals surface area contributed by atoms with Gasteiger partial charge >= 0.3 is 0 Å². The summed E-state index contributed by atoms with van der Waals surface area (Å²) >= 11 is 0. The zero-order valence-electron chi connectivity index (χ0n) is 13.4. The maximum atomic E-state index is 12.0. The van der Waals surface area contributed by atoms with Crippen molar-refractivity contribution in [3.63, 3.8) is 0 Å². The summed E-state index contributed by atoms with van der Waals surface area (Å²) in [6.07, 6.45) is 4.68. The molecule has 0 spiro atoms. The van der Waals surface area contributed by atoms with Crippen molar-refractivity contribution in [2.45, 2.75) is 13.8 Å². The van der Waals surface area contributed by atoms with Crippen molar-refractivity contribution in [2.24, 2.45) is 0 Å². The van der Waals surface area contributed by atoms with Gasteiger partial charge in [-0.3, -0.25) is 9.36 Å². The Balaban J connectivity index is 1.55. The van der Waals surface area contributed by atoms with Gasteiger partial charge in [0, 0.05) is 0 Å². The molecule has 0 bridgehead atoms. The van der Waals surface area contributed by atoms with E-state index in [2.05, 4.69) is 20.5 Å². The zero-order valence-corrected chi connectivity index (χ0v) is 13.4. The fraction of sp³-hybridized carbons (Fsp3) is 0.176. The third-order valence-electron chi connectivity index (χ3n) is 3.56. The number of amides is 1. The topological polar surface area (TPSA) is 81.9 Å². The molecule has 0 saturated carbocycles. The van der Waals surface area contributed by atoms with Crippen LogP contribution in [0.15, 0.2) is 49.2 Å². The van der Waals surface area contributed by atoms with Gasteiger partial charge in [0.15, 0.2) is 6.61 Å². The number of rotatable bonds is 5. The molecule has 3 aromatic rings. The van der Waals surface area contributed by atoms with E-state index in [9.17, 15) is 4.79 Å². The average Bonchev–Trinajstić information content (AvgIpc) is 3.11. The molecule has 0 aliphatic rings. The summed E-state index contributed by atoms with van der Waals surface area (Å²) in [6, 6.07) is 9.26. The number of aromatic nitrogens is 4. The lowest BCUT2D eigenvalue weighted by molar-refractivity contribution is -0.118. The van der Waals surface area contributed by atoms with Crippen LogP contribution in [0.4, 0.5) is 5.69 Å². The molecule has 0 fully saturated rings. The first-order valence-electron chi connectivity index (χ1n) is 7.43. The smallest absolute Gasteiger partial charge is 0.262 e. The van der Waals surface area contributed by atoms with Gasteiger partial charge in [0.25, 0.3) is 5.91 Å². The molecule has 0 unspecified atom stereocenters. The third kappa shape index (κ3) is 3.75. The molecule has 1 N–H and O–H groups in total. The second-order valence-electron chi connectivity index (χ2n) is 5.36. The third-order valence-corrected chi connectivity index (χ3v) is 3.56. The highest BCUT2D eigenvalue weighted by molar-refractivity contribution is 5.91. The van der Waals surface area contributed by atoms with Crippen LogP contribution >= 0.6 is 0 Å². The number of hydrogen-bond donors (Lipinski definition) is 1. The van der Waals surface area contributed by atoms with Crippen LogP contribution in [-0.2, 0) is 4.79 Å². The molecule has 122 valence electrons. The van der Waals surface area contributed by atoms with Crippen molar-refractivity contribution in [2.75, 3.05) is 11.9 Å². The Labute approximate surface area is 139 Å². The SMILES string of the molecule is Cc1ccc(OCC(=O)Nc2ccc(-n3cnnc3)nc2)cc1C. The maximum Gasteiger partial charge on any atom is 0.262 e. The molecule has 7 nitrogen and oxygen atoms in total. The van der Waals surface area contributed by atoms with Crippen LogP contribution in [0.3, 0.4) is 0 Å². The van der Waals surface area contributed by atoms with Gasteiger partial charge in [0.05, 0.1) is 11.9 Å². The minimum absolute atomic E-state index is 0.0598. The fourth-order valence-electron chi connectivity index (χ4n) is 2.08. The van der Waals surface area contributed by atoms with E-state index in [-0.39, 0.29) is 12.5 Å². The second kappa shape index (κ2) is 6.91. The Morgan fingerprint density at radius 1 is 1.12 bits per heavy atom. The molecular weight excluding hydrogens is 306 g/mol. The predicted molar refractivity (Wildman–Crippen MR) is 89.2 cm³/mol. The maximum absolute atomic E-state index is 12.0. The summed E-state index contributed by atoms with van der Waals surface area (Å²) in [7, 11) is 0. The van der Waals surface area contributed by atoms with Gasteiger partial charge < -0.3 is 10.1 Å². The number of hydrogen-bond acceptors (Lipinski definition) is 5. The van der Waals surface area contributed by atoms with Crippen LogP contribution in [0.5, 0.6) is 5.75 Å². The Bertz CT molecular complexity index is 829. The molecule has 3 rings (SSSR count). The Hall–Kier alpha value is -3.22. The van der Waals surface area contributed by atoms with E-state index < -0.39 is 0 Å². The van der Waals surface area contributed by atoms with E-state index in [1.807, 2.05) is 32.0 Å². The molecule has 0 aliphatic heterocycles. The number of nitrogens with one attached hydrogen (secondary N) is 1. The van der Waals surface area contributed by atoms with Gasteiger partial charge in [-0.25, -0.2) is 4.98 Å². The number of pyridine rings is 1. The van der Waals surface area contributed by atoms with Crippen LogP contribution in [0.25, 0.3) is 5.82 Å². The van der Waals surface area contributed by atoms with Gasteiger partial charge in [-0.15, -0.1) is 10.2 Å². The van der Waals surface area contributed by atoms with E-state index in [1.165, 1.54) is 5.56 Å². The lowest BCUT2D eigenvalue weighted by Gasteiger charge is -2.09. The highest BCUT2D eigenvalue weighted by Crippen LogP contribution is 2.16. The van der Waals surface area contributed by atoms with E-state index >= 15 is 0 Å². The van der Waals surface area contributed by atoms with Crippen molar-refractivity contribution >= 4 is 11.6 Å². The number of carbonyl (C=O) groups excluding carboxylic acids is 1. The summed E-state index contributed by atoms with van der Waals surface area (Å²) in [5, 5.41) is 10.2. The highest BCUT2D eigenvalue weighted by atomic mass is 16.5. The van der Waals surface area contributed by atoms with Gasteiger partial charge in [-0.05, 0) is 49.2 Å². The van der Waals surface area contributed by atoms with Gasteiger partial charge in [0.1, 0.15) is 24.2 Å². The highest BCUT2D eigenvalue weighted by Gasteiger charge is 2.06. The van der Waals surface area contributed by atoms with Crippen LogP contribution < -0.4 is 10.1 Å². The largest absolute Gasteiger partial charge is 0.484 e. The van der Waals surface area contributed by atoms with Crippen molar-refractivity contribution in [1.82, 2.24) is 19.7 Å². The normalized spacial score (nSPS) is 10.4. The van der Waals surface area contributed by atoms with Gasteiger partial charge in [-0.1, -0.05) is 6.07 Å². The summed E-state index contributed by atoms with van der Waals surface area (Å²) in [4.78, 5) is 16.2. The van der Waals surface area contributed by atoms with E-state index in [4.69, 9.17) is 4.74 Å². The first kappa shape index (κ1) is 15.7. The molecule has 7 heteroatoms. The van der Waals surface area contributed by atoms with E-state index in [0.29, 0.717) is 17.3 Å². The first-order chi connectivity index (χ1) is 11.6. The lowest BCUT2D eigenvalue weighted by atomic mass is 10.1. The molecule has 0 atom stereocenters. The van der Waals surface area contributed by atoms with Crippen molar-refractivity contribution in [1.29, 1.82) is 0 Å². The van der Waals surface area contributed by atoms with Gasteiger partial charge in [0.2, 0.25) is 0 Å². The first-order valence-corrected chi connectivity index (χ1v) is 7.43. The number of nitrogens with zero attached hydrogens (tertiary/aromatic N) is 4. The molecule has 0 aliphatic carbocycles. The molecule has 2 aromatic heterocycles. The second-order valence-corrected chi connectivity index (χ2v) is 5.36. The molecular formula is C17H17N5O2. The number of benzene rings is 1. The number of aryl methyl sites for hydroxylation is 2. The number of anilines is 1. The Kier molecular flexibility index (Phi) is 4.51. The molecule has 0 radical (unpaired) electrons. The molecule has 1 amide bonds. The summed E-state index contributed by atoms with van der Waals surface area (Å²) < 4.78 is 7.18. The summed E-state index contributed by atoms with van der Waals surface area (Å²) in [5.74, 6) is 1.10. The number of ether oxygens (including phenoxy) is 1. The van der Waals surface area contributed by atoms with Crippen LogP contribution in [0.2, 0.25) is 0 Å². The van der Waals surface area contributed by atoms with Crippen LogP contribution in [0, 0.1) is 13.8 Å². The van der Waals surface area contributed by atoms with E-state index in [1.54, 1.807) is 35.6 Å². The molecule has 24 heavy (non-hydrogen) atoms. The predicted octanol–water partition coefficient (Wildman–Crippen LogP) is 2.30.